The van der Waals surface area contributed by atoms with Gasteiger partial charge in [0.2, 0.25) is 0 Å². The molecule has 0 atom stereocenters. The molecule has 1 aliphatic heterocycles. The van der Waals surface area contributed by atoms with Crippen molar-refractivity contribution in [2.75, 3.05) is 0 Å². The molecule has 18 heavy (non-hydrogen) atoms. The summed E-state index contributed by atoms with van der Waals surface area (Å²) in [5.74, 6) is 0. The summed E-state index contributed by atoms with van der Waals surface area (Å²) in [6, 6.07) is 8.35. The summed E-state index contributed by atoms with van der Waals surface area (Å²) in [4.78, 5) is 4.78. The molecule has 0 N–H and O–H groups in total. The van der Waals surface area contributed by atoms with Gasteiger partial charge in [0, 0.05) is 17.5 Å². The third kappa shape index (κ3) is 1.86. The molecule has 1 heterocycles. The molecule has 0 fully saturated rings. The molecule has 0 amide bonds. The quantitative estimate of drug-likeness (QED) is 0.634. The van der Waals surface area contributed by atoms with Gasteiger partial charge in [0.15, 0.2) is 0 Å². The van der Waals surface area contributed by atoms with Crippen LogP contribution in [0.5, 0.6) is 0 Å². The first-order valence-corrected chi connectivity index (χ1v) is 6.28. The lowest BCUT2D eigenvalue weighted by Gasteiger charge is -2.30. The molecule has 1 aliphatic rings. The Kier molecular flexibility index (Phi) is 3.61. The minimum Gasteiger partial charge on any atom is -0.256 e. The number of hydrogen-bond donors (Lipinski definition) is 0. The number of nitrogens with zero attached hydrogens (tertiary/aromatic N) is 1. The Balaban J connectivity index is 2.57. The van der Waals surface area contributed by atoms with Gasteiger partial charge in [-0.2, -0.15) is 0 Å². The highest BCUT2D eigenvalue weighted by Gasteiger charge is 2.40. The Bertz CT molecular complexity index is 498. The van der Waals surface area contributed by atoms with Crippen molar-refractivity contribution in [3.8, 4) is 0 Å². The fraction of sp³-hybridized carbons (Fsp3) is 0.235. The highest BCUT2D eigenvalue weighted by Crippen LogP contribution is 2.46. The van der Waals surface area contributed by atoms with Crippen LogP contribution in [0.3, 0.4) is 0 Å². The van der Waals surface area contributed by atoms with Gasteiger partial charge in [0.05, 0.1) is 5.69 Å². The lowest BCUT2D eigenvalue weighted by atomic mass is 9.71. The maximum atomic E-state index is 4.78. The maximum Gasteiger partial charge on any atom is 0.0671 e. The highest BCUT2D eigenvalue weighted by atomic mass is 14.8. The second-order valence-corrected chi connectivity index (χ2v) is 4.64. The summed E-state index contributed by atoms with van der Waals surface area (Å²) in [5, 5.41) is 0. The fourth-order valence-corrected chi connectivity index (χ4v) is 2.79. The summed E-state index contributed by atoms with van der Waals surface area (Å²) in [6.45, 7) is 11.6. The number of rotatable bonds is 6. The normalized spacial score (nSPS) is 15.7. The van der Waals surface area contributed by atoms with Crippen LogP contribution in [0.4, 0.5) is 5.69 Å². The molecule has 2 rings (SSSR count). The average molecular weight is 237 g/mol. The number of aliphatic imine (C=N–C) groups is 1. The molecule has 0 radical (unpaired) electrons. The average Bonchev–Trinajstić information content (AvgIpc) is 2.66. The van der Waals surface area contributed by atoms with Gasteiger partial charge in [-0.3, -0.25) is 4.99 Å². The molecule has 0 saturated carbocycles. The van der Waals surface area contributed by atoms with Gasteiger partial charge in [0.25, 0.3) is 0 Å². The third-order valence-electron chi connectivity index (χ3n) is 3.55. The molecule has 1 heteroatoms. The standard InChI is InChI=1S/C17H19N/c1-4-9-16-17(12-5-2,13-6-3)14-10-7-8-11-15(14)18-16/h4-8,10-11H,1-3,9,12-13H2. The lowest BCUT2D eigenvalue weighted by Crippen LogP contribution is -2.31. The van der Waals surface area contributed by atoms with Gasteiger partial charge in [-0.15, -0.1) is 19.7 Å². The van der Waals surface area contributed by atoms with Crippen molar-refractivity contribution >= 4 is 11.4 Å². The van der Waals surface area contributed by atoms with Crippen molar-refractivity contribution in [3.05, 3.63) is 67.8 Å². The maximum absolute atomic E-state index is 4.78. The summed E-state index contributed by atoms with van der Waals surface area (Å²) < 4.78 is 0. The highest BCUT2D eigenvalue weighted by molar-refractivity contribution is 6.02. The predicted octanol–water partition coefficient (Wildman–Crippen LogP) is 4.74. The van der Waals surface area contributed by atoms with Crippen molar-refractivity contribution in [3.63, 3.8) is 0 Å². The van der Waals surface area contributed by atoms with Crippen LogP contribution >= 0.6 is 0 Å². The molecule has 0 saturated heterocycles. The molecule has 1 aromatic carbocycles. The van der Waals surface area contributed by atoms with Crippen molar-refractivity contribution in [2.45, 2.75) is 24.7 Å². The SMILES string of the molecule is C=CCC1=Nc2ccccc2C1(CC=C)CC=C. The van der Waals surface area contributed by atoms with E-state index in [1.54, 1.807) is 0 Å². The molecular weight excluding hydrogens is 218 g/mol. The van der Waals surface area contributed by atoms with E-state index >= 15 is 0 Å². The van der Waals surface area contributed by atoms with Crippen LogP contribution in [0.15, 0.2) is 67.2 Å². The molecule has 1 aromatic rings. The smallest absolute Gasteiger partial charge is 0.0671 e. The van der Waals surface area contributed by atoms with Gasteiger partial charge >= 0.3 is 0 Å². The van der Waals surface area contributed by atoms with Crippen LogP contribution < -0.4 is 0 Å². The van der Waals surface area contributed by atoms with E-state index in [4.69, 9.17) is 4.99 Å². The van der Waals surface area contributed by atoms with E-state index in [-0.39, 0.29) is 5.41 Å². The second kappa shape index (κ2) is 5.18. The number of hydrogen-bond acceptors (Lipinski definition) is 1. The van der Waals surface area contributed by atoms with Gasteiger partial charge in [0.1, 0.15) is 0 Å². The van der Waals surface area contributed by atoms with Crippen LogP contribution in [-0.4, -0.2) is 5.71 Å². The Morgan fingerprint density at radius 2 is 1.67 bits per heavy atom. The van der Waals surface area contributed by atoms with Crippen LogP contribution in [0.25, 0.3) is 0 Å². The van der Waals surface area contributed by atoms with Crippen LogP contribution in [0.2, 0.25) is 0 Å². The Morgan fingerprint density at radius 3 is 2.28 bits per heavy atom. The van der Waals surface area contributed by atoms with Gasteiger partial charge in [-0.1, -0.05) is 36.4 Å². The molecule has 0 bridgehead atoms. The monoisotopic (exact) mass is 237 g/mol. The first-order valence-electron chi connectivity index (χ1n) is 6.28. The molecule has 0 spiro atoms. The summed E-state index contributed by atoms with van der Waals surface area (Å²) in [7, 11) is 0. The largest absolute Gasteiger partial charge is 0.256 e. The minimum atomic E-state index is -0.0612. The summed E-state index contributed by atoms with van der Waals surface area (Å²) in [5.41, 5.74) is 3.49. The molecule has 0 aromatic heterocycles. The number of fused-ring (bicyclic) bond motifs is 1. The Hall–Kier alpha value is -1.89. The lowest BCUT2D eigenvalue weighted by molar-refractivity contribution is 0.598. The number of allylic oxidation sites excluding steroid dienone is 3. The van der Waals surface area contributed by atoms with Crippen molar-refractivity contribution < 1.29 is 0 Å². The first-order chi connectivity index (χ1) is 8.78. The molecule has 1 nitrogen and oxygen atoms in total. The fourth-order valence-electron chi connectivity index (χ4n) is 2.79. The zero-order valence-electron chi connectivity index (χ0n) is 10.7. The van der Waals surface area contributed by atoms with E-state index in [2.05, 4.69) is 37.9 Å². The zero-order chi connectivity index (χ0) is 13.0. The van der Waals surface area contributed by atoms with Gasteiger partial charge in [-0.25, -0.2) is 0 Å². The van der Waals surface area contributed by atoms with Crippen molar-refractivity contribution in [1.82, 2.24) is 0 Å². The van der Waals surface area contributed by atoms with Crippen molar-refractivity contribution in [2.24, 2.45) is 4.99 Å². The van der Waals surface area contributed by atoms with Crippen molar-refractivity contribution in [1.29, 1.82) is 0 Å². The zero-order valence-corrected chi connectivity index (χ0v) is 10.7. The van der Waals surface area contributed by atoms with E-state index < -0.39 is 0 Å². The summed E-state index contributed by atoms with van der Waals surface area (Å²) in [6.07, 6.45) is 8.47. The van der Waals surface area contributed by atoms with E-state index in [0.29, 0.717) is 0 Å². The van der Waals surface area contributed by atoms with Crippen LogP contribution in [0, 0.1) is 0 Å². The predicted molar refractivity (Wildman–Crippen MR) is 79.7 cm³/mol. The Labute approximate surface area is 109 Å². The summed E-state index contributed by atoms with van der Waals surface area (Å²) >= 11 is 0. The Morgan fingerprint density at radius 1 is 1.00 bits per heavy atom. The number of benzene rings is 1. The van der Waals surface area contributed by atoms with E-state index in [1.807, 2.05) is 24.3 Å². The minimum absolute atomic E-state index is 0.0612. The van der Waals surface area contributed by atoms with Crippen LogP contribution in [0.1, 0.15) is 24.8 Å². The third-order valence-corrected chi connectivity index (χ3v) is 3.55. The molecule has 0 unspecified atom stereocenters. The van der Waals surface area contributed by atoms with Crippen LogP contribution in [-0.2, 0) is 5.41 Å². The number of para-hydroxylation sites is 1. The van der Waals surface area contributed by atoms with Gasteiger partial charge < -0.3 is 0 Å². The van der Waals surface area contributed by atoms with E-state index in [1.165, 1.54) is 11.3 Å². The topological polar surface area (TPSA) is 12.4 Å². The second-order valence-electron chi connectivity index (χ2n) is 4.64. The first kappa shape index (κ1) is 12.6. The van der Waals surface area contributed by atoms with E-state index in [9.17, 15) is 0 Å². The van der Waals surface area contributed by atoms with E-state index in [0.717, 1.165) is 24.9 Å². The molecule has 92 valence electrons. The van der Waals surface area contributed by atoms with Gasteiger partial charge in [-0.05, 0) is 24.5 Å². The molecule has 0 aliphatic carbocycles. The molecular formula is C17H19N.